The fourth-order valence-corrected chi connectivity index (χ4v) is 0.728. The highest BCUT2D eigenvalue weighted by atomic mass is 16.7. The van der Waals surface area contributed by atoms with Gasteiger partial charge in [0.15, 0.2) is 0 Å². The highest BCUT2D eigenvalue weighted by molar-refractivity contribution is 5.65. The number of carbonyl (C=O) groups is 1. The zero-order valence-electron chi connectivity index (χ0n) is 6.81. The first-order chi connectivity index (χ1) is 5.11. The van der Waals surface area contributed by atoms with E-state index in [-0.39, 0.29) is 18.1 Å². The smallest absolute Gasteiger partial charge is 0.322 e. The summed E-state index contributed by atoms with van der Waals surface area (Å²) in [7, 11) is 0. The van der Waals surface area contributed by atoms with Gasteiger partial charge in [0, 0.05) is 6.92 Å². The lowest BCUT2D eigenvalue weighted by Gasteiger charge is -2.16. The maximum absolute atomic E-state index is 10.5. The van der Waals surface area contributed by atoms with Crippen LogP contribution < -0.4 is 0 Å². The summed E-state index contributed by atoms with van der Waals surface area (Å²) in [5, 5.41) is 8.71. The van der Waals surface area contributed by atoms with Crippen LogP contribution in [0.25, 0.3) is 0 Å². The van der Waals surface area contributed by atoms with Crippen molar-refractivity contribution in [1.82, 2.24) is 5.17 Å². The van der Waals surface area contributed by atoms with Gasteiger partial charge in [-0.05, 0) is 19.1 Å². The molecule has 0 fully saturated rings. The molecule has 0 saturated heterocycles. The van der Waals surface area contributed by atoms with Gasteiger partial charge >= 0.3 is 5.97 Å². The molecule has 0 aromatic heterocycles. The van der Waals surface area contributed by atoms with Crippen LogP contribution in [0.4, 0.5) is 0 Å². The first-order valence-electron chi connectivity index (χ1n) is 3.50. The molecule has 5 heteroatoms. The normalized spacial score (nSPS) is 29.2. The van der Waals surface area contributed by atoms with Gasteiger partial charge in [0.25, 0.3) is 0 Å². The molecule has 1 aliphatic rings. The quantitative estimate of drug-likeness (QED) is 0.568. The number of carbonyl (C=O) groups excluding carboxylic acids is 1. The van der Waals surface area contributed by atoms with Crippen LogP contribution in [0.1, 0.15) is 20.8 Å². The number of rotatable bonds is 1. The number of hydrogen-bond acceptors (Lipinski definition) is 5. The van der Waals surface area contributed by atoms with E-state index in [4.69, 9.17) is 4.84 Å². The Labute approximate surface area is 65.0 Å². The van der Waals surface area contributed by atoms with Crippen LogP contribution in [-0.2, 0) is 9.63 Å². The van der Waals surface area contributed by atoms with E-state index in [1.165, 1.54) is 12.1 Å². The zero-order valence-corrected chi connectivity index (χ0v) is 6.81. The van der Waals surface area contributed by atoms with Crippen LogP contribution in [-0.4, -0.2) is 23.2 Å². The second-order valence-corrected chi connectivity index (χ2v) is 2.57. The van der Waals surface area contributed by atoms with Gasteiger partial charge in [0.05, 0.1) is 6.04 Å². The lowest BCUT2D eigenvalue weighted by atomic mass is 10.2. The average molecular weight is 157 g/mol. The van der Waals surface area contributed by atoms with Crippen LogP contribution in [0.3, 0.4) is 0 Å². The molecule has 5 nitrogen and oxygen atoms in total. The summed E-state index contributed by atoms with van der Waals surface area (Å²) in [6, 6.07) is 0.133. The van der Waals surface area contributed by atoms with E-state index < -0.39 is 0 Å². The third-order valence-corrected chi connectivity index (χ3v) is 1.59. The highest BCUT2D eigenvalue weighted by Crippen LogP contribution is 2.16. The lowest BCUT2D eigenvalue weighted by molar-refractivity contribution is -0.195. The summed E-state index contributed by atoms with van der Waals surface area (Å²) in [5.41, 5.74) is 0. The van der Waals surface area contributed by atoms with Crippen molar-refractivity contribution in [1.29, 1.82) is 0 Å². The van der Waals surface area contributed by atoms with Crippen LogP contribution in [0.5, 0.6) is 0 Å². The molecule has 2 unspecified atom stereocenters. The molecule has 11 heavy (non-hydrogen) atoms. The van der Waals surface area contributed by atoms with Crippen molar-refractivity contribution in [3.8, 4) is 0 Å². The molecule has 2 atom stereocenters. The van der Waals surface area contributed by atoms with E-state index in [1.807, 2.05) is 13.8 Å². The minimum Gasteiger partial charge on any atom is -0.322 e. The summed E-state index contributed by atoms with van der Waals surface area (Å²) < 4.78 is 0. The van der Waals surface area contributed by atoms with E-state index in [2.05, 4.69) is 10.3 Å². The van der Waals surface area contributed by atoms with Gasteiger partial charge in [-0.3, -0.25) is 0 Å². The van der Waals surface area contributed by atoms with Gasteiger partial charge in [-0.15, -0.1) is 0 Å². The first-order valence-corrected chi connectivity index (χ1v) is 3.50. The Kier molecular flexibility index (Phi) is 2.07. The molecule has 1 heterocycles. The molecule has 0 amide bonds. The molecule has 1 rings (SSSR count). The van der Waals surface area contributed by atoms with Gasteiger partial charge in [-0.1, -0.05) is 5.17 Å². The molecular formula is C6H11N3O2. The average Bonchev–Trinajstić information content (AvgIpc) is 2.18. The maximum atomic E-state index is 10.5. The van der Waals surface area contributed by atoms with Gasteiger partial charge in [0.2, 0.25) is 0 Å². The Morgan fingerprint density at radius 1 is 1.55 bits per heavy atom. The highest BCUT2D eigenvalue weighted by Gasteiger charge is 2.27. The Hall–Kier alpha value is -1.13. The van der Waals surface area contributed by atoms with E-state index >= 15 is 0 Å². The van der Waals surface area contributed by atoms with Crippen LogP contribution >= 0.6 is 0 Å². The molecule has 0 bridgehead atoms. The van der Waals surface area contributed by atoms with Crippen molar-refractivity contribution in [2.24, 2.45) is 10.3 Å². The molecule has 0 saturated carbocycles. The molecule has 62 valence electrons. The van der Waals surface area contributed by atoms with Gasteiger partial charge in [-0.2, -0.15) is 5.11 Å². The Balaban J connectivity index is 2.49. The molecular weight excluding hydrogens is 146 g/mol. The largest absolute Gasteiger partial charge is 0.331 e. The van der Waals surface area contributed by atoms with Gasteiger partial charge < -0.3 is 4.84 Å². The van der Waals surface area contributed by atoms with E-state index in [1.54, 1.807) is 0 Å². The maximum Gasteiger partial charge on any atom is 0.331 e. The minimum absolute atomic E-state index is 0.0406. The molecule has 0 radical (unpaired) electrons. The van der Waals surface area contributed by atoms with Crippen molar-refractivity contribution in [2.75, 3.05) is 0 Å². The third kappa shape index (κ3) is 1.66. The van der Waals surface area contributed by atoms with Crippen molar-refractivity contribution in [3.05, 3.63) is 0 Å². The summed E-state index contributed by atoms with van der Waals surface area (Å²) >= 11 is 0. The fourth-order valence-electron chi connectivity index (χ4n) is 0.728. The molecule has 0 aromatic rings. The van der Waals surface area contributed by atoms with Crippen LogP contribution in [0.2, 0.25) is 0 Å². The number of hydroxylamine groups is 1. The standard InChI is InChI=1S/C6H11N3O2/c1-4-5(2)9(8-7-4)11-6(3)10/h4-5H,1-3H3. The first kappa shape index (κ1) is 7.97. The SMILES string of the molecule is CC(=O)ON1N=NC(C)C1C. The predicted octanol–water partition coefficient (Wildman–Crippen LogP) is 0.924. The number of hydrogen-bond donors (Lipinski definition) is 0. The lowest BCUT2D eigenvalue weighted by Crippen LogP contribution is -2.31. The number of nitrogens with zero attached hydrogens (tertiary/aromatic N) is 3. The zero-order chi connectivity index (χ0) is 8.43. The van der Waals surface area contributed by atoms with Crippen molar-refractivity contribution in [3.63, 3.8) is 0 Å². The summed E-state index contributed by atoms with van der Waals surface area (Å²) in [5.74, 6) is -0.370. The van der Waals surface area contributed by atoms with Crippen molar-refractivity contribution in [2.45, 2.75) is 32.9 Å². The van der Waals surface area contributed by atoms with Crippen LogP contribution in [0, 0.1) is 0 Å². The summed E-state index contributed by atoms with van der Waals surface area (Å²) in [6.45, 7) is 5.15. The van der Waals surface area contributed by atoms with E-state index in [0.29, 0.717) is 0 Å². The second kappa shape index (κ2) is 2.86. The summed E-state index contributed by atoms with van der Waals surface area (Å²) in [4.78, 5) is 15.2. The molecule has 0 aromatic carbocycles. The van der Waals surface area contributed by atoms with Crippen LogP contribution in [0.15, 0.2) is 10.3 Å². The third-order valence-electron chi connectivity index (χ3n) is 1.59. The molecule has 0 aliphatic carbocycles. The monoisotopic (exact) mass is 157 g/mol. The Morgan fingerprint density at radius 3 is 2.55 bits per heavy atom. The minimum atomic E-state index is -0.370. The van der Waals surface area contributed by atoms with Gasteiger partial charge in [0.1, 0.15) is 6.04 Å². The summed E-state index contributed by atoms with van der Waals surface area (Å²) in [6.07, 6.45) is 0. The van der Waals surface area contributed by atoms with E-state index in [9.17, 15) is 4.79 Å². The van der Waals surface area contributed by atoms with Gasteiger partial charge in [-0.25, -0.2) is 4.79 Å². The topological polar surface area (TPSA) is 54.3 Å². The Bertz CT molecular complexity index is 192. The second-order valence-electron chi connectivity index (χ2n) is 2.57. The molecule has 0 N–H and O–H groups in total. The molecule has 0 spiro atoms. The van der Waals surface area contributed by atoms with Crippen molar-refractivity contribution < 1.29 is 9.63 Å². The molecule has 1 aliphatic heterocycles. The Morgan fingerprint density at radius 2 is 2.18 bits per heavy atom. The predicted molar refractivity (Wildman–Crippen MR) is 37.4 cm³/mol. The van der Waals surface area contributed by atoms with E-state index in [0.717, 1.165) is 0 Å². The fraction of sp³-hybridized carbons (Fsp3) is 0.833. The van der Waals surface area contributed by atoms with Crippen molar-refractivity contribution >= 4 is 5.97 Å².